The third-order valence-electron chi connectivity index (χ3n) is 4.76. The summed E-state index contributed by atoms with van der Waals surface area (Å²) in [6.45, 7) is 11.9. The average molecular weight is 282 g/mol. The molecule has 20 heavy (non-hydrogen) atoms. The van der Waals surface area contributed by atoms with Gasteiger partial charge in [0.15, 0.2) is 0 Å². The van der Waals surface area contributed by atoms with Crippen LogP contribution >= 0.6 is 0 Å². The molecule has 0 aromatic heterocycles. The topological polar surface area (TPSA) is 46.3 Å². The number of rotatable bonds is 6. The lowest BCUT2D eigenvalue weighted by atomic mass is 9.77. The predicted molar refractivity (Wildman–Crippen MR) is 85.4 cm³/mol. The van der Waals surface area contributed by atoms with Gasteiger partial charge in [0.05, 0.1) is 0 Å². The highest BCUT2D eigenvalue weighted by atomic mass is 16.2. The second-order valence-electron chi connectivity index (χ2n) is 7.01. The Morgan fingerprint density at radius 2 is 1.85 bits per heavy atom. The van der Waals surface area contributed by atoms with Crippen molar-refractivity contribution in [2.45, 2.75) is 78.8 Å². The molecule has 0 aromatic carbocycles. The van der Waals surface area contributed by atoms with Crippen LogP contribution < -0.4 is 5.73 Å². The van der Waals surface area contributed by atoms with Gasteiger partial charge in [-0.15, -0.1) is 0 Å². The Bertz CT molecular complexity index is 299. The molecule has 1 aliphatic carbocycles. The van der Waals surface area contributed by atoms with Crippen LogP contribution in [0.4, 0.5) is 0 Å². The lowest BCUT2D eigenvalue weighted by Gasteiger charge is -2.39. The number of hydrogen-bond donors (Lipinski definition) is 1. The quantitative estimate of drug-likeness (QED) is 0.811. The van der Waals surface area contributed by atoms with Crippen LogP contribution in [-0.2, 0) is 4.79 Å². The zero-order chi connectivity index (χ0) is 15.3. The van der Waals surface area contributed by atoms with Crippen molar-refractivity contribution >= 4 is 5.91 Å². The minimum absolute atomic E-state index is 0.189. The first-order valence-electron chi connectivity index (χ1n) is 8.46. The van der Waals surface area contributed by atoms with Gasteiger partial charge in [-0.3, -0.25) is 4.79 Å². The summed E-state index contributed by atoms with van der Waals surface area (Å²) in [4.78, 5) is 15.2. The Hall–Kier alpha value is -0.570. The van der Waals surface area contributed by atoms with Crippen LogP contribution in [0.5, 0.6) is 0 Å². The summed E-state index contributed by atoms with van der Waals surface area (Å²) in [5.41, 5.74) is 6.03. The average Bonchev–Trinajstić information content (AvgIpc) is 2.37. The van der Waals surface area contributed by atoms with Gasteiger partial charge in [0.2, 0.25) is 5.91 Å². The molecule has 2 N–H and O–H groups in total. The summed E-state index contributed by atoms with van der Waals surface area (Å²) in [5, 5.41) is 0. The summed E-state index contributed by atoms with van der Waals surface area (Å²) < 4.78 is 0. The maximum absolute atomic E-state index is 13.0. The van der Waals surface area contributed by atoms with Crippen LogP contribution in [-0.4, -0.2) is 29.4 Å². The van der Waals surface area contributed by atoms with Gasteiger partial charge in [0.1, 0.15) is 0 Å². The molecule has 0 aliphatic heterocycles. The van der Waals surface area contributed by atoms with E-state index in [4.69, 9.17) is 5.73 Å². The summed E-state index contributed by atoms with van der Waals surface area (Å²) in [5.74, 6) is 1.52. The molecular formula is C17H34N2O. The van der Waals surface area contributed by atoms with Gasteiger partial charge in [-0.1, -0.05) is 34.6 Å². The number of nitrogens with two attached hydrogens (primary N) is 1. The zero-order valence-electron chi connectivity index (χ0n) is 14.1. The second-order valence-corrected chi connectivity index (χ2v) is 7.01. The van der Waals surface area contributed by atoms with Crippen molar-refractivity contribution in [1.82, 2.24) is 4.90 Å². The molecule has 1 amide bonds. The molecule has 3 nitrogen and oxygen atoms in total. The van der Waals surface area contributed by atoms with Gasteiger partial charge in [0.25, 0.3) is 0 Å². The molecule has 0 saturated heterocycles. The normalized spacial score (nSPS) is 27.1. The molecule has 0 heterocycles. The standard InChI is InChI=1S/C17H34N2O/c1-6-15(7-2)19(11-12(3)4)17(20)16-9-8-14(18)10-13(16)5/h12-16H,6-11,18H2,1-5H3. The number of hydrogen-bond acceptors (Lipinski definition) is 2. The molecule has 3 heteroatoms. The Balaban J connectivity index is 2.81. The fourth-order valence-electron chi connectivity index (χ4n) is 3.56. The Morgan fingerprint density at radius 3 is 2.30 bits per heavy atom. The number of nitrogens with zero attached hydrogens (tertiary/aromatic N) is 1. The van der Waals surface area contributed by atoms with E-state index >= 15 is 0 Å². The maximum atomic E-state index is 13.0. The molecule has 1 rings (SSSR count). The van der Waals surface area contributed by atoms with E-state index in [2.05, 4.69) is 39.5 Å². The molecule has 1 fully saturated rings. The summed E-state index contributed by atoms with van der Waals surface area (Å²) in [6.07, 6.45) is 5.06. The van der Waals surface area contributed by atoms with Crippen LogP contribution in [0.25, 0.3) is 0 Å². The van der Waals surface area contributed by atoms with Crippen molar-refractivity contribution < 1.29 is 4.79 Å². The first-order valence-corrected chi connectivity index (χ1v) is 8.46. The molecular weight excluding hydrogens is 248 g/mol. The molecule has 1 aliphatic rings. The minimum Gasteiger partial charge on any atom is -0.339 e. The highest BCUT2D eigenvalue weighted by Gasteiger charge is 2.35. The van der Waals surface area contributed by atoms with E-state index in [9.17, 15) is 4.79 Å². The lowest BCUT2D eigenvalue weighted by molar-refractivity contribution is -0.141. The van der Waals surface area contributed by atoms with Gasteiger partial charge in [-0.2, -0.15) is 0 Å². The van der Waals surface area contributed by atoms with E-state index in [1.54, 1.807) is 0 Å². The number of carbonyl (C=O) groups excluding carboxylic acids is 1. The lowest BCUT2D eigenvalue weighted by Crippen LogP contribution is -2.48. The van der Waals surface area contributed by atoms with Gasteiger partial charge in [0, 0.05) is 24.5 Å². The molecule has 0 aromatic rings. The third kappa shape index (κ3) is 4.47. The third-order valence-corrected chi connectivity index (χ3v) is 4.76. The number of amides is 1. The van der Waals surface area contributed by atoms with Gasteiger partial charge < -0.3 is 10.6 Å². The molecule has 118 valence electrons. The van der Waals surface area contributed by atoms with E-state index in [0.717, 1.165) is 38.6 Å². The van der Waals surface area contributed by atoms with Gasteiger partial charge in [-0.25, -0.2) is 0 Å². The van der Waals surface area contributed by atoms with Crippen molar-refractivity contribution in [3.05, 3.63) is 0 Å². The zero-order valence-corrected chi connectivity index (χ0v) is 14.1. The Morgan fingerprint density at radius 1 is 1.25 bits per heavy atom. The fraction of sp³-hybridized carbons (Fsp3) is 0.941. The number of carbonyl (C=O) groups is 1. The van der Waals surface area contributed by atoms with Crippen LogP contribution in [0.2, 0.25) is 0 Å². The van der Waals surface area contributed by atoms with Crippen molar-refractivity contribution in [3.8, 4) is 0 Å². The Kier molecular flexibility index (Phi) is 7.01. The van der Waals surface area contributed by atoms with Gasteiger partial charge >= 0.3 is 0 Å². The van der Waals surface area contributed by atoms with Crippen LogP contribution in [0.15, 0.2) is 0 Å². The monoisotopic (exact) mass is 282 g/mol. The fourth-order valence-corrected chi connectivity index (χ4v) is 3.56. The summed E-state index contributed by atoms with van der Waals surface area (Å²) in [7, 11) is 0. The maximum Gasteiger partial charge on any atom is 0.226 e. The first-order chi connectivity index (χ1) is 9.40. The highest BCUT2D eigenvalue weighted by molar-refractivity contribution is 5.79. The Labute approximate surface area is 125 Å². The second kappa shape index (κ2) is 8.02. The largest absolute Gasteiger partial charge is 0.339 e. The highest BCUT2D eigenvalue weighted by Crippen LogP contribution is 2.31. The summed E-state index contributed by atoms with van der Waals surface area (Å²) >= 11 is 0. The summed E-state index contributed by atoms with van der Waals surface area (Å²) in [6, 6.07) is 0.688. The van der Waals surface area contributed by atoms with Crippen molar-refractivity contribution in [1.29, 1.82) is 0 Å². The molecule has 0 radical (unpaired) electrons. The molecule has 0 spiro atoms. The molecule has 0 bridgehead atoms. The van der Waals surface area contributed by atoms with Gasteiger partial charge in [-0.05, 0) is 43.9 Å². The van der Waals surface area contributed by atoms with E-state index in [0.29, 0.717) is 29.8 Å². The molecule has 3 unspecified atom stereocenters. The molecule has 3 atom stereocenters. The van der Waals surface area contributed by atoms with Crippen LogP contribution in [0.1, 0.15) is 66.7 Å². The van der Waals surface area contributed by atoms with Crippen molar-refractivity contribution in [2.24, 2.45) is 23.5 Å². The van der Waals surface area contributed by atoms with Crippen LogP contribution in [0.3, 0.4) is 0 Å². The SMILES string of the molecule is CCC(CC)N(CC(C)C)C(=O)C1CCC(N)CC1C. The predicted octanol–water partition coefficient (Wildman–Crippen LogP) is 3.42. The van der Waals surface area contributed by atoms with Crippen LogP contribution in [0, 0.1) is 17.8 Å². The van der Waals surface area contributed by atoms with Crippen molar-refractivity contribution in [3.63, 3.8) is 0 Å². The van der Waals surface area contributed by atoms with E-state index < -0.39 is 0 Å². The minimum atomic E-state index is 0.189. The van der Waals surface area contributed by atoms with Crippen molar-refractivity contribution in [2.75, 3.05) is 6.54 Å². The molecule has 1 saturated carbocycles. The smallest absolute Gasteiger partial charge is 0.226 e. The van der Waals surface area contributed by atoms with E-state index in [-0.39, 0.29) is 5.92 Å². The first kappa shape index (κ1) is 17.5. The van der Waals surface area contributed by atoms with E-state index in [1.165, 1.54) is 0 Å². The van der Waals surface area contributed by atoms with E-state index in [1.807, 2.05) is 0 Å².